The molecular formula is C33H25N. The van der Waals surface area contributed by atoms with Crippen molar-refractivity contribution >= 4 is 21.8 Å². The van der Waals surface area contributed by atoms with Crippen LogP contribution in [-0.2, 0) is 6.42 Å². The molecule has 0 atom stereocenters. The van der Waals surface area contributed by atoms with Gasteiger partial charge in [-0.2, -0.15) is 0 Å². The highest BCUT2D eigenvalue weighted by Gasteiger charge is 2.29. The molecule has 1 nitrogen and oxygen atoms in total. The van der Waals surface area contributed by atoms with Crippen molar-refractivity contribution in [3.8, 4) is 16.8 Å². The van der Waals surface area contributed by atoms with Crippen LogP contribution in [0.3, 0.4) is 0 Å². The molecule has 1 heteroatoms. The lowest BCUT2D eigenvalue weighted by atomic mass is 9.88. The van der Waals surface area contributed by atoms with E-state index in [1.807, 2.05) is 0 Å². The highest BCUT2D eigenvalue weighted by Crippen LogP contribution is 2.48. The van der Waals surface area contributed by atoms with E-state index in [-0.39, 0.29) is 5.92 Å². The van der Waals surface area contributed by atoms with E-state index in [0.717, 1.165) is 6.42 Å². The summed E-state index contributed by atoms with van der Waals surface area (Å²) in [6.45, 7) is 2.22. The fourth-order valence-electron chi connectivity index (χ4n) is 5.88. The zero-order valence-electron chi connectivity index (χ0n) is 19.2. The van der Waals surface area contributed by atoms with Crippen molar-refractivity contribution in [2.24, 2.45) is 0 Å². The quantitative estimate of drug-likeness (QED) is 0.262. The second kappa shape index (κ2) is 7.46. The number of rotatable bonds is 3. The highest BCUT2D eigenvalue weighted by atomic mass is 15.0. The van der Waals surface area contributed by atoms with E-state index >= 15 is 0 Å². The van der Waals surface area contributed by atoms with Crippen LogP contribution in [0.1, 0.15) is 35.1 Å². The molecule has 0 bridgehead atoms. The molecule has 0 N–H and O–H groups in total. The van der Waals surface area contributed by atoms with Gasteiger partial charge >= 0.3 is 0 Å². The van der Waals surface area contributed by atoms with Crippen molar-refractivity contribution in [3.63, 3.8) is 0 Å². The molecule has 1 aromatic heterocycles. The van der Waals surface area contributed by atoms with Gasteiger partial charge in [0.05, 0.1) is 11.0 Å². The summed E-state index contributed by atoms with van der Waals surface area (Å²) in [4.78, 5) is 0. The van der Waals surface area contributed by atoms with Crippen LogP contribution in [0.15, 0.2) is 115 Å². The van der Waals surface area contributed by atoms with Crippen molar-refractivity contribution in [1.82, 2.24) is 4.57 Å². The van der Waals surface area contributed by atoms with E-state index in [0.29, 0.717) is 0 Å². The second-order valence-electron chi connectivity index (χ2n) is 9.26. The summed E-state index contributed by atoms with van der Waals surface area (Å²) in [5.74, 6) is 0.266. The Balaban J connectivity index is 1.49. The summed E-state index contributed by atoms with van der Waals surface area (Å²) < 4.78 is 2.42. The Labute approximate surface area is 199 Å². The van der Waals surface area contributed by atoms with Gasteiger partial charge in [0.2, 0.25) is 0 Å². The number of aryl methyl sites for hydroxylation is 1. The van der Waals surface area contributed by atoms with Crippen molar-refractivity contribution < 1.29 is 0 Å². The van der Waals surface area contributed by atoms with Crippen LogP contribution in [0.5, 0.6) is 0 Å². The number of fused-ring (bicyclic) bond motifs is 6. The fourth-order valence-corrected chi connectivity index (χ4v) is 5.88. The zero-order chi connectivity index (χ0) is 22.6. The molecule has 1 heterocycles. The highest BCUT2D eigenvalue weighted by molar-refractivity contribution is 6.09. The SMILES string of the molecule is CCc1cccc(-n2c3ccccc3c3cc(C4c5ccccc5-c5ccccc54)ccc32)c1. The van der Waals surface area contributed by atoms with Crippen LogP contribution < -0.4 is 0 Å². The fraction of sp³-hybridized carbons (Fsp3) is 0.0909. The molecule has 0 unspecified atom stereocenters. The molecule has 5 aromatic carbocycles. The molecule has 0 radical (unpaired) electrons. The summed E-state index contributed by atoms with van der Waals surface area (Å²) in [5, 5.41) is 2.62. The van der Waals surface area contributed by atoms with E-state index in [1.165, 1.54) is 60.9 Å². The summed E-state index contributed by atoms with van der Waals surface area (Å²) in [5.41, 5.74) is 12.0. The Bertz CT molecular complexity index is 1660. The zero-order valence-corrected chi connectivity index (χ0v) is 19.2. The van der Waals surface area contributed by atoms with Crippen LogP contribution in [0, 0.1) is 0 Å². The molecule has 7 rings (SSSR count). The number of hydrogen-bond donors (Lipinski definition) is 0. The van der Waals surface area contributed by atoms with Crippen molar-refractivity contribution in [3.05, 3.63) is 138 Å². The first-order valence-electron chi connectivity index (χ1n) is 12.1. The van der Waals surface area contributed by atoms with Crippen LogP contribution in [0.2, 0.25) is 0 Å². The Kier molecular flexibility index (Phi) is 4.25. The summed E-state index contributed by atoms with van der Waals surface area (Å²) in [6, 6.07) is 42.6. The first-order chi connectivity index (χ1) is 16.8. The van der Waals surface area contributed by atoms with Gasteiger partial charge in [-0.25, -0.2) is 0 Å². The third-order valence-corrected chi connectivity index (χ3v) is 7.44. The summed E-state index contributed by atoms with van der Waals surface area (Å²) in [6.07, 6.45) is 1.04. The maximum atomic E-state index is 2.43. The molecule has 0 saturated heterocycles. The Morgan fingerprint density at radius 2 is 1.26 bits per heavy atom. The molecule has 0 aliphatic heterocycles. The minimum atomic E-state index is 0.266. The van der Waals surface area contributed by atoms with Gasteiger partial charge in [-0.1, -0.05) is 91.9 Å². The van der Waals surface area contributed by atoms with E-state index in [1.54, 1.807) is 0 Å². The van der Waals surface area contributed by atoms with Gasteiger partial charge in [-0.15, -0.1) is 0 Å². The minimum absolute atomic E-state index is 0.266. The normalized spacial score (nSPS) is 12.9. The summed E-state index contributed by atoms with van der Waals surface area (Å²) >= 11 is 0. The lowest BCUT2D eigenvalue weighted by Crippen LogP contribution is -1.99. The largest absolute Gasteiger partial charge is 0.309 e. The molecule has 6 aromatic rings. The number of aromatic nitrogens is 1. The first-order valence-corrected chi connectivity index (χ1v) is 12.1. The number of nitrogens with zero attached hydrogens (tertiary/aromatic N) is 1. The molecule has 1 aliphatic rings. The van der Waals surface area contributed by atoms with Crippen molar-refractivity contribution in [2.45, 2.75) is 19.3 Å². The van der Waals surface area contributed by atoms with Crippen LogP contribution in [0.25, 0.3) is 38.6 Å². The first kappa shape index (κ1) is 19.4. The van der Waals surface area contributed by atoms with Gasteiger partial charge in [0.25, 0.3) is 0 Å². The maximum Gasteiger partial charge on any atom is 0.0541 e. The van der Waals surface area contributed by atoms with E-state index in [2.05, 4.69) is 127 Å². The third kappa shape index (κ3) is 2.74. The monoisotopic (exact) mass is 435 g/mol. The van der Waals surface area contributed by atoms with Crippen LogP contribution in [-0.4, -0.2) is 4.57 Å². The molecular weight excluding hydrogens is 410 g/mol. The molecule has 0 saturated carbocycles. The minimum Gasteiger partial charge on any atom is -0.309 e. The standard InChI is InChI=1S/C33H25N/c1-2-22-10-9-11-24(20-22)34-31-17-8-7-14-27(31)30-21-23(18-19-32(30)34)33-28-15-5-3-12-25(28)26-13-4-6-16-29(26)33/h3-21,33H,2H2,1H3. The van der Waals surface area contributed by atoms with E-state index < -0.39 is 0 Å². The number of benzene rings is 5. The van der Waals surface area contributed by atoms with Gasteiger partial charge in [0.15, 0.2) is 0 Å². The third-order valence-electron chi connectivity index (χ3n) is 7.44. The topological polar surface area (TPSA) is 4.93 Å². The Morgan fingerprint density at radius 3 is 2.03 bits per heavy atom. The van der Waals surface area contributed by atoms with Crippen LogP contribution in [0.4, 0.5) is 0 Å². The van der Waals surface area contributed by atoms with Crippen molar-refractivity contribution in [2.75, 3.05) is 0 Å². The molecule has 0 amide bonds. The van der Waals surface area contributed by atoms with Gasteiger partial charge in [-0.05, 0) is 70.1 Å². The van der Waals surface area contributed by atoms with Gasteiger partial charge in [0.1, 0.15) is 0 Å². The number of hydrogen-bond acceptors (Lipinski definition) is 0. The maximum absolute atomic E-state index is 2.43. The van der Waals surface area contributed by atoms with E-state index in [9.17, 15) is 0 Å². The van der Waals surface area contributed by atoms with Gasteiger partial charge < -0.3 is 4.57 Å². The van der Waals surface area contributed by atoms with Gasteiger partial charge in [0, 0.05) is 22.4 Å². The van der Waals surface area contributed by atoms with E-state index in [4.69, 9.17) is 0 Å². The molecule has 34 heavy (non-hydrogen) atoms. The summed E-state index contributed by atoms with van der Waals surface area (Å²) in [7, 11) is 0. The smallest absolute Gasteiger partial charge is 0.0541 e. The lowest BCUT2D eigenvalue weighted by Gasteiger charge is -2.15. The molecule has 1 aliphatic carbocycles. The van der Waals surface area contributed by atoms with Crippen LogP contribution >= 0.6 is 0 Å². The second-order valence-corrected chi connectivity index (χ2v) is 9.26. The van der Waals surface area contributed by atoms with Crippen molar-refractivity contribution in [1.29, 1.82) is 0 Å². The van der Waals surface area contributed by atoms with Gasteiger partial charge in [-0.3, -0.25) is 0 Å². The Morgan fingerprint density at radius 1 is 0.588 bits per heavy atom. The predicted molar refractivity (Wildman–Crippen MR) is 143 cm³/mol. The average Bonchev–Trinajstić information content (AvgIpc) is 3.41. The Hall–Kier alpha value is -4.10. The molecule has 0 fully saturated rings. The predicted octanol–water partition coefficient (Wildman–Crippen LogP) is 8.51. The lowest BCUT2D eigenvalue weighted by molar-refractivity contribution is 1.02. The average molecular weight is 436 g/mol. The number of para-hydroxylation sites is 1. The molecule has 162 valence electrons. The molecule has 0 spiro atoms.